The molecule has 0 radical (unpaired) electrons. The molecule has 1 aromatic heterocycles. The van der Waals surface area contributed by atoms with Gasteiger partial charge in [-0.2, -0.15) is 5.10 Å². The Morgan fingerprint density at radius 3 is 2.69 bits per heavy atom. The van der Waals surface area contributed by atoms with Gasteiger partial charge in [0.05, 0.1) is 18.8 Å². The van der Waals surface area contributed by atoms with Crippen LogP contribution in [0.1, 0.15) is 28.9 Å². The highest BCUT2D eigenvalue weighted by molar-refractivity contribution is 5.74. The third kappa shape index (κ3) is 5.81. The lowest BCUT2D eigenvalue weighted by atomic mass is 10.2. The average Bonchev–Trinajstić information content (AvgIpc) is 2.88. The minimum absolute atomic E-state index is 0.00926. The Bertz CT molecular complexity index is 790. The Morgan fingerprint density at radius 2 is 1.93 bits per heavy atom. The van der Waals surface area contributed by atoms with Gasteiger partial charge in [0, 0.05) is 57.6 Å². The molecule has 7 heteroatoms. The highest BCUT2D eigenvalue weighted by Crippen LogP contribution is 2.14. The van der Waals surface area contributed by atoms with E-state index in [2.05, 4.69) is 39.6 Å². The molecule has 1 fully saturated rings. The Balaban J connectivity index is 1.50. The number of ether oxygens (including phenoxy) is 1. The quantitative estimate of drug-likeness (QED) is 0.777. The van der Waals surface area contributed by atoms with Crippen LogP contribution in [0.5, 0.6) is 0 Å². The van der Waals surface area contributed by atoms with Crippen LogP contribution in [0.2, 0.25) is 0 Å². The summed E-state index contributed by atoms with van der Waals surface area (Å²) in [5, 5.41) is 7.66. The summed E-state index contributed by atoms with van der Waals surface area (Å²) in [6.07, 6.45) is 0.993. The zero-order chi connectivity index (χ0) is 20.6. The molecule has 2 heterocycles. The lowest BCUT2D eigenvalue weighted by molar-refractivity contribution is 0.182. The van der Waals surface area contributed by atoms with Crippen molar-refractivity contribution in [2.24, 2.45) is 0 Å². The third-order valence-electron chi connectivity index (χ3n) is 5.58. The molecule has 0 saturated carbocycles. The molecule has 158 valence electrons. The molecule has 2 aromatic rings. The van der Waals surface area contributed by atoms with E-state index in [-0.39, 0.29) is 6.03 Å². The minimum Gasteiger partial charge on any atom is -0.383 e. The number of aryl methyl sites for hydroxylation is 1. The summed E-state index contributed by atoms with van der Waals surface area (Å²) in [4.78, 5) is 17.1. The number of urea groups is 1. The summed E-state index contributed by atoms with van der Waals surface area (Å²) < 4.78 is 7.10. The van der Waals surface area contributed by atoms with Crippen molar-refractivity contribution in [3.05, 3.63) is 52.8 Å². The summed E-state index contributed by atoms with van der Waals surface area (Å²) >= 11 is 0. The van der Waals surface area contributed by atoms with Gasteiger partial charge in [-0.1, -0.05) is 30.3 Å². The molecular weight excluding hydrogens is 366 g/mol. The van der Waals surface area contributed by atoms with Gasteiger partial charge in [0.2, 0.25) is 0 Å². The van der Waals surface area contributed by atoms with Crippen LogP contribution >= 0.6 is 0 Å². The number of nitrogens with one attached hydrogen (secondary N) is 1. The zero-order valence-corrected chi connectivity index (χ0v) is 17.9. The first-order valence-electron chi connectivity index (χ1n) is 10.4. The molecule has 1 aliphatic heterocycles. The second-order valence-corrected chi connectivity index (χ2v) is 7.63. The van der Waals surface area contributed by atoms with Crippen LogP contribution in [0.25, 0.3) is 0 Å². The standard InChI is InChI=1S/C22H33N5O2/c1-18-21(19(2)27(24-18)14-15-29-3)16-23-22(28)26-11-7-10-25(12-13-26)17-20-8-5-4-6-9-20/h4-6,8-9H,7,10-17H2,1-3H3,(H,23,28). The van der Waals surface area contributed by atoms with E-state index < -0.39 is 0 Å². The van der Waals surface area contributed by atoms with Crippen molar-refractivity contribution < 1.29 is 9.53 Å². The number of carbonyl (C=O) groups excluding carboxylic acids is 1. The maximum Gasteiger partial charge on any atom is 0.317 e. The van der Waals surface area contributed by atoms with Crippen LogP contribution < -0.4 is 5.32 Å². The number of aromatic nitrogens is 2. The number of nitrogens with zero attached hydrogens (tertiary/aromatic N) is 4. The van der Waals surface area contributed by atoms with Crippen molar-refractivity contribution in [1.82, 2.24) is 24.9 Å². The van der Waals surface area contributed by atoms with Crippen molar-refractivity contribution in [3.63, 3.8) is 0 Å². The van der Waals surface area contributed by atoms with Gasteiger partial charge in [-0.25, -0.2) is 4.79 Å². The normalized spacial score (nSPS) is 15.3. The minimum atomic E-state index is 0.00926. The number of benzene rings is 1. The molecule has 3 rings (SSSR count). The molecule has 0 aliphatic carbocycles. The Labute approximate surface area is 173 Å². The predicted octanol–water partition coefficient (Wildman–Crippen LogP) is 2.56. The van der Waals surface area contributed by atoms with Crippen molar-refractivity contribution in [2.75, 3.05) is 39.9 Å². The van der Waals surface area contributed by atoms with E-state index in [0.29, 0.717) is 13.2 Å². The summed E-state index contributed by atoms with van der Waals surface area (Å²) in [7, 11) is 1.69. The van der Waals surface area contributed by atoms with Gasteiger partial charge >= 0.3 is 6.03 Å². The van der Waals surface area contributed by atoms with E-state index in [9.17, 15) is 4.79 Å². The molecule has 1 saturated heterocycles. The van der Waals surface area contributed by atoms with Crippen LogP contribution in [-0.2, 0) is 24.4 Å². The first-order chi connectivity index (χ1) is 14.1. The van der Waals surface area contributed by atoms with Gasteiger partial charge in [-0.05, 0) is 25.8 Å². The van der Waals surface area contributed by atoms with Crippen LogP contribution in [0.3, 0.4) is 0 Å². The number of rotatable bonds is 7. The fourth-order valence-electron chi connectivity index (χ4n) is 3.83. The van der Waals surface area contributed by atoms with E-state index in [1.807, 2.05) is 29.5 Å². The molecule has 2 amide bonds. The van der Waals surface area contributed by atoms with E-state index in [0.717, 1.165) is 62.6 Å². The summed E-state index contributed by atoms with van der Waals surface area (Å²) in [5.41, 5.74) is 4.46. The number of hydrogen-bond acceptors (Lipinski definition) is 4. The molecule has 0 spiro atoms. The van der Waals surface area contributed by atoms with Crippen LogP contribution in [0.15, 0.2) is 30.3 Å². The molecule has 7 nitrogen and oxygen atoms in total. The van der Waals surface area contributed by atoms with Gasteiger partial charge < -0.3 is 15.0 Å². The van der Waals surface area contributed by atoms with Crippen molar-refractivity contribution in [1.29, 1.82) is 0 Å². The van der Waals surface area contributed by atoms with Gasteiger partial charge in [-0.3, -0.25) is 9.58 Å². The van der Waals surface area contributed by atoms with E-state index >= 15 is 0 Å². The molecule has 1 N–H and O–H groups in total. The SMILES string of the molecule is COCCn1nc(C)c(CNC(=O)N2CCCN(Cc3ccccc3)CC2)c1C. The first-order valence-corrected chi connectivity index (χ1v) is 10.4. The lowest BCUT2D eigenvalue weighted by Gasteiger charge is -2.22. The third-order valence-corrected chi connectivity index (χ3v) is 5.58. The lowest BCUT2D eigenvalue weighted by Crippen LogP contribution is -2.41. The molecule has 1 aliphatic rings. The van der Waals surface area contributed by atoms with Gasteiger partial charge in [0.25, 0.3) is 0 Å². The maximum atomic E-state index is 12.7. The second kappa shape index (κ2) is 10.4. The van der Waals surface area contributed by atoms with Crippen molar-refractivity contribution in [2.45, 2.75) is 39.9 Å². The number of methoxy groups -OCH3 is 1. The largest absolute Gasteiger partial charge is 0.383 e. The monoisotopic (exact) mass is 399 g/mol. The Kier molecular flexibility index (Phi) is 7.66. The molecule has 0 unspecified atom stereocenters. The first kappa shape index (κ1) is 21.3. The zero-order valence-electron chi connectivity index (χ0n) is 17.9. The number of amides is 2. The van der Waals surface area contributed by atoms with Crippen LogP contribution in [-0.4, -0.2) is 65.5 Å². The summed E-state index contributed by atoms with van der Waals surface area (Å²) in [5.74, 6) is 0. The van der Waals surface area contributed by atoms with Gasteiger partial charge in [0.15, 0.2) is 0 Å². The number of carbonyl (C=O) groups is 1. The fourth-order valence-corrected chi connectivity index (χ4v) is 3.83. The second-order valence-electron chi connectivity index (χ2n) is 7.63. The molecule has 1 aromatic carbocycles. The fraction of sp³-hybridized carbons (Fsp3) is 0.545. The van der Waals surface area contributed by atoms with Gasteiger partial charge in [-0.15, -0.1) is 0 Å². The Morgan fingerprint density at radius 1 is 1.14 bits per heavy atom. The van der Waals surface area contributed by atoms with E-state index in [1.54, 1.807) is 7.11 Å². The topological polar surface area (TPSA) is 62.6 Å². The van der Waals surface area contributed by atoms with Gasteiger partial charge in [0.1, 0.15) is 0 Å². The summed E-state index contributed by atoms with van der Waals surface area (Å²) in [6.45, 7) is 10.3. The number of hydrogen-bond donors (Lipinski definition) is 1. The molecular formula is C22H33N5O2. The van der Waals surface area contributed by atoms with E-state index in [1.165, 1.54) is 5.56 Å². The predicted molar refractivity (Wildman–Crippen MR) is 114 cm³/mol. The molecule has 0 bridgehead atoms. The van der Waals surface area contributed by atoms with Crippen LogP contribution in [0.4, 0.5) is 4.79 Å². The summed E-state index contributed by atoms with van der Waals surface area (Å²) in [6, 6.07) is 10.5. The average molecular weight is 400 g/mol. The smallest absolute Gasteiger partial charge is 0.317 e. The highest BCUT2D eigenvalue weighted by Gasteiger charge is 2.20. The van der Waals surface area contributed by atoms with Crippen molar-refractivity contribution >= 4 is 6.03 Å². The van der Waals surface area contributed by atoms with Crippen LogP contribution in [0, 0.1) is 13.8 Å². The molecule has 0 atom stereocenters. The van der Waals surface area contributed by atoms with E-state index in [4.69, 9.17) is 4.74 Å². The Hall–Kier alpha value is -2.38. The molecule has 29 heavy (non-hydrogen) atoms. The van der Waals surface area contributed by atoms with Crippen molar-refractivity contribution in [3.8, 4) is 0 Å². The highest BCUT2D eigenvalue weighted by atomic mass is 16.5. The maximum absolute atomic E-state index is 12.7.